The van der Waals surface area contributed by atoms with Gasteiger partial charge in [0, 0.05) is 39.4 Å². The molecule has 0 aliphatic rings. The molecule has 146 valence electrons. The molecule has 1 atom stereocenters. The maximum atomic E-state index is 12.6. The molecule has 1 N–H and O–H groups in total. The number of nitrogens with zero attached hydrogens (tertiary/aromatic N) is 2. The third-order valence-corrected chi connectivity index (χ3v) is 5.15. The van der Waals surface area contributed by atoms with E-state index in [4.69, 9.17) is 0 Å². The minimum atomic E-state index is 0.0868. The Balaban J connectivity index is 1.58. The summed E-state index contributed by atoms with van der Waals surface area (Å²) in [7, 11) is 5.90. The molecule has 4 nitrogen and oxygen atoms in total. The predicted molar refractivity (Wildman–Crippen MR) is 118 cm³/mol. The maximum Gasteiger partial charge on any atom is 0.236 e. The maximum absolute atomic E-state index is 12.6. The van der Waals surface area contributed by atoms with Gasteiger partial charge in [-0.05, 0) is 41.0 Å². The molecule has 0 aliphatic heterocycles. The van der Waals surface area contributed by atoms with Crippen molar-refractivity contribution in [2.75, 3.05) is 32.6 Å². The van der Waals surface area contributed by atoms with Gasteiger partial charge in [-0.1, -0.05) is 54.6 Å². The van der Waals surface area contributed by atoms with Crippen LogP contribution in [0.4, 0.5) is 5.69 Å². The van der Waals surface area contributed by atoms with Crippen LogP contribution >= 0.6 is 0 Å². The number of hydrogen-bond donors (Lipinski definition) is 1. The topological polar surface area (TPSA) is 35.6 Å². The second-order valence-corrected chi connectivity index (χ2v) is 7.48. The van der Waals surface area contributed by atoms with Gasteiger partial charge in [-0.25, -0.2) is 0 Å². The van der Waals surface area contributed by atoms with Crippen molar-refractivity contribution < 1.29 is 4.79 Å². The number of rotatable bonds is 7. The fraction of sp³-hybridized carbons (Fsp3) is 0.292. The summed E-state index contributed by atoms with van der Waals surface area (Å²) in [5, 5.41) is 5.83. The largest absolute Gasteiger partial charge is 0.378 e. The number of carbonyl (C=O) groups is 1. The number of nitrogens with one attached hydrogen (secondary N) is 1. The highest BCUT2D eigenvalue weighted by molar-refractivity contribution is 5.86. The lowest BCUT2D eigenvalue weighted by Crippen LogP contribution is -2.36. The second kappa shape index (κ2) is 8.89. The number of carbonyl (C=O) groups excluding carboxylic acids is 1. The molecule has 4 heteroatoms. The van der Waals surface area contributed by atoms with Crippen LogP contribution in [0.3, 0.4) is 0 Å². The van der Waals surface area contributed by atoms with E-state index in [0.29, 0.717) is 13.1 Å². The van der Waals surface area contributed by atoms with Crippen LogP contribution in [0, 0.1) is 0 Å². The number of anilines is 1. The average molecular weight is 376 g/mol. The van der Waals surface area contributed by atoms with E-state index < -0.39 is 0 Å². The molecule has 0 spiro atoms. The van der Waals surface area contributed by atoms with Crippen molar-refractivity contribution in [1.29, 1.82) is 0 Å². The van der Waals surface area contributed by atoms with Gasteiger partial charge in [-0.2, -0.15) is 0 Å². The zero-order chi connectivity index (χ0) is 20.1. The normalized spacial score (nSPS) is 12.0. The quantitative estimate of drug-likeness (QED) is 0.672. The molecule has 0 radical (unpaired) electrons. The van der Waals surface area contributed by atoms with Crippen molar-refractivity contribution in [2.24, 2.45) is 0 Å². The molecule has 3 aromatic carbocycles. The first kappa shape index (κ1) is 19.9. The molecule has 0 fully saturated rings. The van der Waals surface area contributed by atoms with Crippen LogP contribution in [-0.4, -0.2) is 38.5 Å². The van der Waals surface area contributed by atoms with Crippen molar-refractivity contribution in [2.45, 2.75) is 19.5 Å². The summed E-state index contributed by atoms with van der Waals surface area (Å²) in [5.74, 6) is 0.0868. The van der Waals surface area contributed by atoms with Gasteiger partial charge in [0.25, 0.3) is 0 Å². The third-order valence-electron chi connectivity index (χ3n) is 5.15. The lowest BCUT2D eigenvalue weighted by atomic mass is 10.00. The summed E-state index contributed by atoms with van der Waals surface area (Å²) in [5.41, 5.74) is 3.50. The van der Waals surface area contributed by atoms with E-state index >= 15 is 0 Å². The van der Waals surface area contributed by atoms with Gasteiger partial charge in [-0.3, -0.25) is 4.79 Å². The van der Waals surface area contributed by atoms with Gasteiger partial charge in [0.15, 0.2) is 0 Å². The Kier molecular flexibility index (Phi) is 6.32. The molecule has 0 aromatic heterocycles. The zero-order valence-electron chi connectivity index (χ0n) is 17.1. The fourth-order valence-corrected chi connectivity index (χ4v) is 3.37. The SMILES string of the molecule is C[C@H](NCC(=O)N(C)Cc1ccc(N(C)C)cc1)c1cccc2ccccc12. The van der Waals surface area contributed by atoms with Crippen LogP contribution in [0.5, 0.6) is 0 Å². The molecule has 0 aliphatic carbocycles. The van der Waals surface area contributed by atoms with E-state index in [1.54, 1.807) is 4.90 Å². The standard InChI is InChI=1S/C24H29N3O/c1-18(22-11-7-9-20-8-5-6-10-23(20)22)25-16-24(28)27(4)17-19-12-14-21(15-13-19)26(2)3/h5-15,18,25H,16-17H2,1-4H3/t18-/m0/s1. The van der Waals surface area contributed by atoms with Gasteiger partial charge in [0.2, 0.25) is 5.91 Å². The highest BCUT2D eigenvalue weighted by Crippen LogP contribution is 2.24. The van der Waals surface area contributed by atoms with E-state index in [9.17, 15) is 4.79 Å². The Morgan fingerprint density at radius 1 is 0.929 bits per heavy atom. The Morgan fingerprint density at radius 3 is 2.32 bits per heavy atom. The van der Waals surface area contributed by atoms with Crippen molar-refractivity contribution in [3.63, 3.8) is 0 Å². The number of likely N-dealkylation sites (N-methyl/N-ethyl adjacent to an activating group) is 1. The summed E-state index contributed by atoms with van der Waals surface area (Å²) in [6, 6.07) is 23.1. The first-order chi connectivity index (χ1) is 13.5. The van der Waals surface area contributed by atoms with E-state index in [2.05, 4.69) is 77.8 Å². The molecule has 0 heterocycles. The number of hydrogen-bond acceptors (Lipinski definition) is 3. The highest BCUT2D eigenvalue weighted by atomic mass is 16.2. The third kappa shape index (κ3) is 4.70. The van der Waals surface area contributed by atoms with E-state index in [1.807, 2.05) is 27.2 Å². The summed E-state index contributed by atoms with van der Waals surface area (Å²) in [4.78, 5) is 16.4. The van der Waals surface area contributed by atoms with Crippen LogP contribution in [0.15, 0.2) is 66.7 Å². The van der Waals surface area contributed by atoms with Crippen molar-refractivity contribution in [3.8, 4) is 0 Å². The minimum absolute atomic E-state index is 0.0868. The molecule has 3 rings (SSSR count). The molecule has 28 heavy (non-hydrogen) atoms. The Hall–Kier alpha value is -2.85. The van der Waals surface area contributed by atoms with Crippen LogP contribution in [0.1, 0.15) is 24.1 Å². The molecule has 0 saturated carbocycles. The summed E-state index contributed by atoms with van der Waals surface area (Å²) in [6.07, 6.45) is 0. The zero-order valence-corrected chi connectivity index (χ0v) is 17.1. The molecular formula is C24H29N3O. The van der Waals surface area contributed by atoms with Crippen LogP contribution < -0.4 is 10.2 Å². The lowest BCUT2D eigenvalue weighted by Gasteiger charge is -2.21. The molecule has 0 bridgehead atoms. The van der Waals surface area contributed by atoms with E-state index in [1.165, 1.54) is 16.3 Å². The van der Waals surface area contributed by atoms with Crippen LogP contribution in [-0.2, 0) is 11.3 Å². The molecule has 0 saturated heterocycles. The predicted octanol–water partition coefficient (Wildman–Crippen LogP) is 4.22. The van der Waals surface area contributed by atoms with E-state index in [-0.39, 0.29) is 11.9 Å². The number of fused-ring (bicyclic) bond motifs is 1. The first-order valence-corrected chi connectivity index (χ1v) is 9.67. The highest BCUT2D eigenvalue weighted by Gasteiger charge is 2.13. The van der Waals surface area contributed by atoms with Gasteiger partial charge in [-0.15, -0.1) is 0 Å². The second-order valence-electron chi connectivity index (χ2n) is 7.48. The summed E-state index contributed by atoms with van der Waals surface area (Å²) in [6.45, 7) is 3.03. The molecule has 0 unspecified atom stereocenters. The monoisotopic (exact) mass is 375 g/mol. The average Bonchev–Trinajstić information content (AvgIpc) is 2.71. The Bertz CT molecular complexity index is 929. The smallest absolute Gasteiger partial charge is 0.236 e. The van der Waals surface area contributed by atoms with Crippen LogP contribution in [0.2, 0.25) is 0 Å². The summed E-state index contributed by atoms with van der Waals surface area (Å²) >= 11 is 0. The van der Waals surface area contributed by atoms with E-state index in [0.717, 1.165) is 11.3 Å². The van der Waals surface area contributed by atoms with Crippen molar-refractivity contribution in [1.82, 2.24) is 10.2 Å². The Morgan fingerprint density at radius 2 is 1.61 bits per heavy atom. The first-order valence-electron chi connectivity index (χ1n) is 9.67. The number of amides is 1. The molecule has 1 amide bonds. The lowest BCUT2D eigenvalue weighted by molar-refractivity contribution is -0.129. The summed E-state index contributed by atoms with van der Waals surface area (Å²) < 4.78 is 0. The fourth-order valence-electron chi connectivity index (χ4n) is 3.37. The molecule has 3 aromatic rings. The minimum Gasteiger partial charge on any atom is -0.378 e. The van der Waals surface area contributed by atoms with Gasteiger partial charge < -0.3 is 15.1 Å². The van der Waals surface area contributed by atoms with Crippen molar-refractivity contribution >= 4 is 22.4 Å². The number of benzene rings is 3. The van der Waals surface area contributed by atoms with Gasteiger partial charge in [0.1, 0.15) is 0 Å². The van der Waals surface area contributed by atoms with Crippen LogP contribution in [0.25, 0.3) is 10.8 Å². The van der Waals surface area contributed by atoms with Crippen molar-refractivity contribution in [3.05, 3.63) is 77.9 Å². The van der Waals surface area contributed by atoms with Gasteiger partial charge >= 0.3 is 0 Å². The Labute approximate surface area is 167 Å². The van der Waals surface area contributed by atoms with Gasteiger partial charge in [0.05, 0.1) is 6.54 Å². The molecular weight excluding hydrogens is 346 g/mol.